The maximum Gasteiger partial charge on any atom is 0.429 e. The second-order valence-electron chi connectivity index (χ2n) is 7.87. The molecule has 2 amide bonds. The fraction of sp³-hybridized carbons (Fsp3) is 0.526. The lowest BCUT2D eigenvalue weighted by Gasteiger charge is -2.28. The van der Waals surface area contributed by atoms with Crippen LogP contribution in [0.1, 0.15) is 57.5 Å². The van der Waals surface area contributed by atoms with Crippen LogP contribution < -0.4 is 5.43 Å². The van der Waals surface area contributed by atoms with Crippen molar-refractivity contribution < 1.29 is 28.6 Å². The van der Waals surface area contributed by atoms with Crippen LogP contribution in [-0.4, -0.2) is 41.5 Å². The maximum absolute atomic E-state index is 12.4. The Kier molecular flexibility index (Phi) is 7.21. The maximum atomic E-state index is 12.4. The first kappa shape index (κ1) is 22.3. The lowest BCUT2D eigenvalue weighted by atomic mass is 10.1. The van der Waals surface area contributed by atoms with Crippen molar-refractivity contribution in [1.82, 2.24) is 10.4 Å². The van der Waals surface area contributed by atoms with Crippen molar-refractivity contribution >= 4 is 18.2 Å². The van der Waals surface area contributed by atoms with Crippen molar-refractivity contribution in [3.63, 3.8) is 0 Å². The molecule has 0 aliphatic carbocycles. The summed E-state index contributed by atoms with van der Waals surface area (Å²) in [6.45, 7) is 10.3. The number of hydrogen-bond acceptors (Lipinski definition) is 6. The Morgan fingerprint density at radius 1 is 0.926 bits per heavy atom. The molecule has 0 heterocycles. The summed E-state index contributed by atoms with van der Waals surface area (Å²) in [6.07, 6.45) is -1.51. The number of nitrogens with one attached hydrogen (secondary N) is 1. The summed E-state index contributed by atoms with van der Waals surface area (Å²) in [7, 11) is 1.30. The molecular weight excluding hydrogens is 352 g/mol. The van der Waals surface area contributed by atoms with Crippen molar-refractivity contribution in [1.29, 1.82) is 0 Å². The number of methoxy groups -OCH3 is 1. The summed E-state index contributed by atoms with van der Waals surface area (Å²) in [5.41, 5.74) is 2.00. The quantitative estimate of drug-likeness (QED) is 0.489. The predicted molar refractivity (Wildman–Crippen MR) is 98.9 cm³/mol. The van der Waals surface area contributed by atoms with Gasteiger partial charge in [-0.1, -0.05) is 12.1 Å². The Bertz CT molecular complexity index is 671. The van der Waals surface area contributed by atoms with Gasteiger partial charge in [-0.2, -0.15) is 0 Å². The van der Waals surface area contributed by atoms with E-state index in [9.17, 15) is 14.4 Å². The minimum Gasteiger partial charge on any atom is -0.465 e. The molecule has 0 bridgehead atoms. The number of amides is 2. The molecule has 8 nitrogen and oxygen atoms in total. The average Bonchev–Trinajstić information content (AvgIpc) is 2.50. The summed E-state index contributed by atoms with van der Waals surface area (Å²) in [6, 6.07) is 6.45. The van der Waals surface area contributed by atoms with Crippen LogP contribution in [0, 0.1) is 0 Å². The molecule has 0 aliphatic rings. The Morgan fingerprint density at radius 3 is 1.89 bits per heavy atom. The van der Waals surface area contributed by atoms with Crippen molar-refractivity contribution in [2.24, 2.45) is 0 Å². The second kappa shape index (κ2) is 8.75. The Balaban J connectivity index is 2.94. The first-order valence-corrected chi connectivity index (χ1v) is 8.48. The second-order valence-corrected chi connectivity index (χ2v) is 7.87. The Hall–Kier alpha value is -2.77. The molecule has 0 unspecified atom stereocenters. The number of hydrazine groups is 1. The van der Waals surface area contributed by atoms with Gasteiger partial charge in [-0.15, -0.1) is 0 Å². The van der Waals surface area contributed by atoms with Gasteiger partial charge < -0.3 is 14.2 Å². The zero-order valence-corrected chi connectivity index (χ0v) is 16.9. The summed E-state index contributed by atoms with van der Waals surface area (Å²) in [4.78, 5) is 36.0. The third-order valence-corrected chi connectivity index (χ3v) is 2.95. The first-order valence-electron chi connectivity index (χ1n) is 8.48. The van der Waals surface area contributed by atoms with Gasteiger partial charge in [0.2, 0.25) is 0 Å². The van der Waals surface area contributed by atoms with E-state index < -0.39 is 29.4 Å². The molecule has 0 spiro atoms. The summed E-state index contributed by atoms with van der Waals surface area (Å²) < 4.78 is 15.2. The van der Waals surface area contributed by atoms with Gasteiger partial charge in [0.25, 0.3) is 0 Å². The lowest BCUT2D eigenvalue weighted by Crippen LogP contribution is -2.49. The van der Waals surface area contributed by atoms with E-state index in [1.807, 2.05) is 0 Å². The van der Waals surface area contributed by atoms with Crippen LogP contribution in [0.25, 0.3) is 0 Å². The van der Waals surface area contributed by atoms with Gasteiger partial charge in [0.1, 0.15) is 11.2 Å². The first-order chi connectivity index (χ1) is 12.3. The minimum atomic E-state index is -0.778. The molecule has 0 saturated carbocycles. The van der Waals surface area contributed by atoms with Crippen LogP contribution in [0.5, 0.6) is 0 Å². The van der Waals surface area contributed by atoms with E-state index >= 15 is 0 Å². The largest absolute Gasteiger partial charge is 0.465 e. The van der Waals surface area contributed by atoms with E-state index in [4.69, 9.17) is 9.47 Å². The highest BCUT2D eigenvalue weighted by molar-refractivity contribution is 5.89. The average molecular weight is 380 g/mol. The van der Waals surface area contributed by atoms with Crippen molar-refractivity contribution in [3.8, 4) is 0 Å². The molecule has 0 aliphatic heterocycles. The number of benzene rings is 1. The van der Waals surface area contributed by atoms with Gasteiger partial charge >= 0.3 is 18.2 Å². The molecular formula is C19H28N2O6. The molecule has 8 heteroatoms. The Morgan fingerprint density at radius 2 is 1.44 bits per heavy atom. The molecule has 150 valence electrons. The molecule has 1 aromatic rings. The van der Waals surface area contributed by atoms with E-state index in [-0.39, 0.29) is 6.54 Å². The molecule has 27 heavy (non-hydrogen) atoms. The van der Waals surface area contributed by atoms with Gasteiger partial charge in [0.05, 0.1) is 19.2 Å². The monoisotopic (exact) mass is 380 g/mol. The number of nitrogens with zero attached hydrogens (tertiary/aromatic N) is 1. The van der Waals surface area contributed by atoms with Crippen LogP contribution in [0.2, 0.25) is 0 Å². The van der Waals surface area contributed by atoms with Crippen molar-refractivity contribution in [3.05, 3.63) is 35.4 Å². The van der Waals surface area contributed by atoms with Gasteiger partial charge in [0.15, 0.2) is 0 Å². The third kappa shape index (κ3) is 8.44. The topological polar surface area (TPSA) is 94.2 Å². The molecule has 1 rings (SSSR count). The summed E-state index contributed by atoms with van der Waals surface area (Å²) >= 11 is 0. The van der Waals surface area contributed by atoms with Crippen LogP contribution in [0.4, 0.5) is 9.59 Å². The zero-order valence-electron chi connectivity index (χ0n) is 16.9. The number of ether oxygens (including phenoxy) is 3. The van der Waals surface area contributed by atoms with Crippen LogP contribution in [-0.2, 0) is 20.8 Å². The molecule has 1 N–H and O–H groups in total. The molecule has 1 aromatic carbocycles. The fourth-order valence-corrected chi connectivity index (χ4v) is 1.92. The molecule has 0 radical (unpaired) electrons. The van der Waals surface area contributed by atoms with Gasteiger partial charge in [0, 0.05) is 0 Å². The Labute approximate surface area is 159 Å². The smallest absolute Gasteiger partial charge is 0.429 e. The summed E-state index contributed by atoms with van der Waals surface area (Å²) in [5, 5.41) is 1.02. The van der Waals surface area contributed by atoms with Crippen LogP contribution in [0.15, 0.2) is 24.3 Å². The van der Waals surface area contributed by atoms with Crippen LogP contribution in [0.3, 0.4) is 0 Å². The number of hydrogen-bond donors (Lipinski definition) is 1. The standard InChI is InChI=1S/C19H28N2O6/c1-18(2,3)26-16(23)20-21(17(24)27-19(4,5)6)12-13-8-10-14(11-9-13)15(22)25-7/h8-11H,12H2,1-7H3,(H,20,23). The molecule has 0 atom stereocenters. The highest BCUT2D eigenvalue weighted by atomic mass is 16.6. The van der Waals surface area contributed by atoms with E-state index in [2.05, 4.69) is 10.2 Å². The van der Waals surface area contributed by atoms with Gasteiger partial charge in [-0.25, -0.2) is 24.8 Å². The number of carbonyl (C=O) groups is 3. The van der Waals surface area contributed by atoms with Gasteiger partial charge in [-0.05, 0) is 59.2 Å². The lowest BCUT2D eigenvalue weighted by molar-refractivity contribution is -0.000659. The highest BCUT2D eigenvalue weighted by Crippen LogP contribution is 2.14. The van der Waals surface area contributed by atoms with Crippen molar-refractivity contribution in [2.75, 3.05) is 7.11 Å². The van der Waals surface area contributed by atoms with E-state index in [0.717, 1.165) is 5.01 Å². The normalized spacial score (nSPS) is 11.4. The predicted octanol–water partition coefficient (Wildman–Crippen LogP) is 3.65. The summed E-state index contributed by atoms with van der Waals surface area (Å²) in [5.74, 6) is -0.461. The molecule has 0 fully saturated rings. The van der Waals surface area contributed by atoms with Crippen LogP contribution >= 0.6 is 0 Å². The van der Waals surface area contributed by atoms with E-state index in [1.165, 1.54) is 7.11 Å². The van der Waals surface area contributed by atoms with Crippen molar-refractivity contribution in [2.45, 2.75) is 59.3 Å². The molecule has 0 saturated heterocycles. The minimum absolute atomic E-state index is 0.0234. The SMILES string of the molecule is COC(=O)c1ccc(CN(NC(=O)OC(C)(C)C)C(=O)OC(C)(C)C)cc1. The van der Waals surface area contributed by atoms with E-state index in [1.54, 1.807) is 65.8 Å². The number of rotatable bonds is 3. The van der Waals surface area contributed by atoms with Gasteiger partial charge in [-0.3, -0.25) is 0 Å². The highest BCUT2D eigenvalue weighted by Gasteiger charge is 2.26. The molecule has 0 aromatic heterocycles. The number of carbonyl (C=O) groups excluding carboxylic acids is 3. The van der Waals surface area contributed by atoms with E-state index in [0.29, 0.717) is 11.1 Å². The fourth-order valence-electron chi connectivity index (χ4n) is 1.92. The number of esters is 1. The zero-order chi connectivity index (χ0) is 20.8. The third-order valence-electron chi connectivity index (χ3n) is 2.95.